The standard InChI is InChI=1S/C16H25N3O2/c1-2-3-9-14(17)16(21)19(11-10-15(18)20)12-13-7-5-4-6-8-13/h4-8,14H,2-3,9-12,17H2,1H3,(H2,18,20). The quantitative estimate of drug-likeness (QED) is 0.721. The number of amides is 2. The van der Waals surface area contributed by atoms with Crippen LogP contribution in [0.25, 0.3) is 0 Å². The number of primary amides is 1. The molecule has 116 valence electrons. The summed E-state index contributed by atoms with van der Waals surface area (Å²) >= 11 is 0. The van der Waals surface area contributed by atoms with Crippen molar-refractivity contribution in [2.45, 2.75) is 45.2 Å². The zero-order valence-electron chi connectivity index (χ0n) is 12.6. The molecule has 5 heteroatoms. The highest BCUT2D eigenvalue weighted by Crippen LogP contribution is 2.09. The average molecular weight is 291 g/mol. The van der Waals surface area contributed by atoms with Gasteiger partial charge in [0.05, 0.1) is 6.04 Å². The minimum Gasteiger partial charge on any atom is -0.370 e. The molecule has 1 unspecified atom stereocenters. The molecular formula is C16H25N3O2. The average Bonchev–Trinajstić information content (AvgIpc) is 2.49. The van der Waals surface area contributed by atoms with Crippen molar-refractivity contribution in [2.75, 3.05) is 6.54 Å². The van der Waals surface area contributed by atoms with Crippen molar-refractivity contribution in [2.24, 2.45) is 11.5 Å². The van der Waals surface area contributed by atoms with Crippen LogP contribution in [0.15, 0.2) is 30.3 Å². The lowest BCUT2D eigenvalue weighted by atomic mass is 10.1. The van der Waals surface area contributed by atoms with E-state index >= 15 is 0 Å². The fraction of sp³-hybridized carbons (Fsp3) is 0.500. The summed E-state index contributed by atoms with van der Waals surface area (Å²) in [6.45, 7) is 2.82. The number of nitrogens with two attached hydrogens (primary N) is 2. The Morgan fingerprint density at radius 2 is 1.90 bits per heavy atom. The fourth-order valence-corrected chi connectivity index (χ4v) is 2.10. The molecule has 0 radical (unpaired) electrons. The van der Waals surface area contributed by atoms with Crippen LogP contribution in [0.4, 0.5) is 0 Å². The molecule has 1 aromatic rings. The second kappa shape index (κ2) is 9.13. The highest BCUT2D eigenvalue weighted by Gasteiger charge is 2.21. The summed E-state index contributed by atoms with van der Waals surface area (Å²) in [6, 6.07) is 9.14. The van der Waals surface area contributed by atoms with Crippen LogP contribution in [-0.4, -0.2) is 29.3 Å². The number of carbonyl (C=O) groups excluding carboxylic acids is 2. The maximum Gasteiger partial charge on any atom is 0.239 e. The summed E-state index contributed by atoms with van der Waals surface area (Å²) in [5.41, 5.74) is 12.2. The third-order valence-corrected chi connectivity index (χ3v) is 3.34. The SMILES string of the molecule is CCCCC(N)C(=O)N(CCC(N)=O)Cc1ccccc1. The molecule has 4 N–H and O–H groups in total. The molecule has 0 aliphatic rings. The van der Waals surface area contributed by atoms with Gasteiger partial charge in [-0.25, -0.2) is 0 Å². The van der Waals surface area contributed by atoms with Gasteiger partial charge in [0.2, 0.25) is 11.8 Å². The van der Waals surface area contributed by atoms with Gasteiger partial charge in [-0.1, -0.05) is 50.1 Å². The number of hydrogen-bond donors (Lipinski definition) is 2. The Kier molecular flexibility index (Phi) is 7.46. The predicted octanol–water partition coefficient (Wildman–Crippen LogP) is 1.41. The minimum absolute atomic E-state index is 0.117. The molecule has 0 saturated heterocycles. The first-order chi connectivity index (χ1) is 10.0. The summed E-state index contributed by atoms with van der Waals surface area (Å²) in [5.74, 6) is -0.531. The van der Waals surface area contributed by atoms with Crippen LogP contribution in [0.1, 0.15) is 38.2 Å². The number of benzene rings is 1. The normalized spacial score (nSPS) is 11.9. The number of unbranched alkanes of at least 4 members (excludes halogenated alkanes) is 1. The van der Waals surface area contributed by atoms with Crippen LogP contribution in [0.5, 0.6) is 0 Å². The molecule has 1 atom stereocenters. The molecule has 21 heavy (non-hydrogen) atoms. The molecule has 0 aromatic heterocycles. The van der Waals surface area contributed by atoms with Crippen LogP contribution < -0.4 is 11.5 Å². The van der Waals surface area contributed by atoms with E-state index in [0.29, 0.717) is 19.5 Å². The largest absolute Gasteiger partial charge is 0.370 e. The van der Waals surface area contributed by atoms with Gasteiger partial charge < -0.3 is 16.4 Å². The monoisotopic (exact) mass is 291 g/mol. The van der Waals surface area contributed by atoms with Gasteiger partial charge in [-0.05, 0) is 12.0 Å². The third kappa shape index (κ3) is 6.40. The van der Waals surface area contributed by atoms with Crippen molar-refractivity contribution >= 4 is 11.8 Å². The first kappa shape index (κ1) is 17.2. The Morgan fingerprint density at radius 1 is 1.24 bits per heavy atom. The molecule has 0 aliphatic heterocycles. The molecule has 1 aromatic carbocycles. The van der Waals surface area contributed by atoms with E-state index in [9.17, 15) is 9.59 Å². The van der Waals surface area contributed by atoms with Crippen LogP contribution in [0, 0.1) is 0 Å². The van der Waals surface area contributed by atoms with E-state index in [0.717, 1.165) is 18.4 Å². The lowest BCUT2D eigenvalue weighted by Crippen LogP contribution is -2.44. The minimum atomic E-state index is -0.512. The van der Waals surface area contributed by atoms with Gasteiger partial charge >= 0.3 is 0 Å². The lowest BCUT2D eigenvalue weighted by Gasteiger charge is -2.25. The Morgan fingerprint density at radius 3 is 2.48 bits per heavy atom. The first-order valence-electron chi connectivity index (χ1n) is 7.41. The maximum atomic E-state index is 12.4. The van der Waals surface area contributed by atoms with Crippen molar-refractivity contribution in [1.29, 1.82) is 0 Å². The van der Waals surface area contributed by atoms with Crippen molar-refractivity contribution < 1.29 is 9.59 Å². The molecule has 0 saturated carbocycles. The molecule has 0 aliphatic carbocycles. The van der Waals surface area contributed by atoms with Crippen molar-refractivity contribution in [1.82, 2.24) is 4.90 Å². The summed E-state index contributed by atoms with van der Waals surface area (Å²) in [6.07, 6.45) is 2.74. The van der Waals surface area contributed by atoms with E-state index < -0.39 is 11.9 Å². The third-order valence-electron chi connectivity index (χ3n) is 3.34. The number of rotatable bonds is 9. The highest BCUT2D eigenvalue weighted by atomic mass is 16.2. The van der Waals surface area contributed by atoms with Crippen LogP contribution >= 0.6 is 0 Å². The zero-order chi connectivity index (χ0) is 15.7. The number of nitrogens with zero attached hydrogens (tertiary/aromatic N) is 1. The second-order valence-corrected chi connectivity index (χ2v) is 5.21. The molecule has 0 spiro atoms. The lowest BCUT2D eigenvalue weighted by molar-refractivity contribution is -0.133. The van der Waals surface area contributed by atoms with E-state index in [-0.39, 0.29) is 12.3 Å². The van der Waals surface area contributed by atoms with Gasteiger partial charge in [-0.15, -0.1) is 0 Å². The summed E-state index contributed by atoms with van der Waals surface area (Å²) in [5, 5.41) is 0. The van der Waals surface area contributed by atoms with Gasteiger partial charge in [-0.3, -0.25) is 9.59 Å². The molecule has 1 rings (SSSR count). The zero-order valence-corrected chi connectivity index (χ0v) is 12.6. The smallest absolute Gasteiger partial charge is 0.239 e. The highest BCUT2D eigenvalue weighted by molar-refractivity contribution is 5.82. The molecular weight excluding hydrogens is 266 g/mol. The topological polar surface area (TPSA) is 89.4 Å². The fourth-order valence-electron chi connectivity index (χ4n) is 2.10. The van der Waals surface area contributed by atoms with Gasteiger partial charge in [0.25, 0.3) is 0 Å². The van der Waals surface area contributed by atoms with E-state index in [1.54, 1.807) is 4.90 Å². The Balaban J connectivity index is 2.71. The van der Waals surface area contributed by atoms with Gasteiger partial charge in [0.15, 0.2) is 0 Å². The Bertz CT molecular complexity index is 448. The van der Waals surface area contributed by atoms with Crippen molar-refractivity contribution in [3.63, 3.8) is 0 Å². The molecule has 5 nitrogen and oxygen atoms in total. The van der Waals surface area contributed by atoms with Gasteiger partial charge in [0, 0.05) is 19.5 Å². The Hall–Kier alpha value is -1.88. The van der Waals surface area contributed by atoms with Gasteiger partial charge in [-0.2, -0.15) is 0 Å². The van der Waals surface area contributed by atoms with E-state index in [4.69, 9.17) is 11.5 Å². The van der Waals surface area contributed by atoms with E-state index in [1.807, 2.05) is 30.3 Å². The van der Waals surface area contributed by atoms with E-state index in [2.05, 4.69) is 6.92 Å². The van der Waals surface area contributed by atoms with Gasteiger partial charge in [0.1, 0.15) is 0 Å². The first-order valence-corrected chi connectivity index (χ1v) is 7.41. The summed E-state index contributed by atoms with van der Waals surface area (Å²) in [4.78, 5) is 25.0. The second-order valence-electron chi connectivity index (χ2n) is 5.21. The number of carbonyl (C=O) groups is 2. The van der Waals surface area contributed by atoms with Crippen LogP contribution in [0.2, 0.25) is 0 Å². The van der Waals surface area contributed by atoms with E-state index in [1.165, 1.54) is 0 Å². The van der Waals surface area contributed by atoms with Crippen molar-refractivity contribution in [3.05, 3.63) is 35.9 Å². The Labute approximate surface area is 126 Å². The molecule has 0 heterocycles. The molecule has 0 fully saturated rings. The maximum absolute atomic E-state index is 12.4. The summed E-state index contributed by atoms with van der Waals surface area (Å²) in [7, 11) is 0. The van der Waals surface area contributed by atoms with Crippen LogP contribution in [0.3, 0.4) is 0 Å². The summed E-state index contributed by atoms with van der Waals surface area (Å²) < 4.78 is 0. The predicted molar refractivity (Wildman–Crippen MR) is 83.2 cm³/mol. The number of hydrogen-bond acceptors (Lipinski definition) is 3. The molecule has 2 amide bonds. The molecule has 0 bridgehead atoms. The van der Waals surface area contributed by atoms with Crippen molar-refractivity contribution in [3.8, 4) is 0 Å². The van der Waals surface area contributed by atoms with Crippen LogP contribution in [-0.2, 0) is 16.1 Å².